The number of nitrogens with one attached hydrogen (secondary N) is 2. The van der Waals surface area contributed by atoms with Crippen molar-refractivity contribution in [1.82, 2.24) is 10.2 Å². The lowest BCUT2D eigenvalue weighted by atomic mass is 10.2. The second-order valence-electron chi connectivity index (χ2n) is 5.58. The molecule has 2 N–H and O–H groups in total. The number of methoxy groups -OCH3 is 1. The number of esters is 1. The quantitative estimate of drug-likeness (QED) is 0.654. The lowest BCUT2D eigenvalue weighted by Crippen LogP contribution is -2.14. The Hall–Kier alpha value is -3.88. The predicted molar refractivity (Wildman–Crippen MR) is 97.4 cm³/mol. The van der Waals surface area contributed by atoms with Gasteiger partial charge in [0.15, 0.2) is 23.3 Å². The minimum atomic E-state index is -1.11. The van der Waals surface area contributed by atoms with E-state index >= 15 is 0 Å². The lowest BCUT2D eigenvalue weighted by Gasteiger charge is -2.07. The first-order valence-corrected chi connectivity index (χ1v) is 8.02. The minimum Gasteiger partial charge on any atom is -0.465 e. The van der Waals surface area contributed by atoms with Crippen LogP contribution in [0.25, 0.3) is 0 Å². The van der Waals surface area contributed by atoms with E-state index in [2.05, 4.69) is 25.6 Å². The van der Waals surface area contributed by atoms with E-state index in [1.807, 2.05) is 0 Å². The highest BCUT2D eigenvalue weighted by atomic mass is 19.2. The van der Waals surface area contributed by atoms with Crippen molar-refractivity contribution in [1.29, 1.82) is 0 Å². The third-order valence-corrected chi connectivity index (χ3v) is 3.67. The number of aromatic nitrogens is 2. The van der Waals surface area contributed by atoms with Gasteiger partial charge in [0.1, 0.15) is 0 Å². The summed E-state index contributed by atoms with van der Waals surface area (Å²) in [5, 5.41) is 13.2. The zero-order valence-corrected chi connectivity index (χ0v) is 14.6. The molecule has 0 radical (unpaired) electrons. The summed E-state index contributed by atoms with van der Waals surface area (Å²) in [5.41, 5.74) is 1.03. The molecule has 0 aliphatic rings. The molecule has 0 saturated carbocycles. The second kappa shape index (κ2) is 8.21. The highest BCUT2D eigenvalue weighted by Crippen LogP contribution is 2.17. The highest BCUT2D eigenvalue weighted by molar-refractivity contribution is 6.03. The normalized spacial score (nSPS) is 10.2. The Morgan fingerprint density at radius 3 is 2.11 bits per heavy atom. The van der Waals surface area contributed by atoms with Gasteiger partial charge in [-0.25, -0.2) is 13.6 Å². The molecule has 0 saturated heterocycles. The van der Waals surface area contributed by atoms with Gasteiger partial charge in [-0.1, -0.05) is 0 Å². The van der Waals surface area contributed by atoms with Crippen molar-refractivity contribution in [2.24, 2.45) is 0 Å². The molecule has 0 fully saturated rings. The Balaban J connectivity index is 1.63. The maximum Gasteiger partial charge on any atom is 0.337 e. The summed E-state index contributed by atoms with van der Waals surface area (Å²) < 4.78 is 30.8. The van der Waals surface area contributed by atoms with Gasteiger partial charge >= 0.3 is 5.97 Å². The molecule has 9 heteroatoms. The van der Waals surface area contributed by atoms with Gasteiger partial charge in [0.25, 0.3) is 5.91 Å². The van der Waals surface area contributed by atoms with Crippen molar-refractivity contribution in [3.05, 3.63) is 77.4 Å². The molecule has 0 atom stereocenters. The maximum atomic E-state index is 13.2. The monoisotopic (exact) mass is 384 g/mol. The van der Waals surface area contributed by atoms with E-state index in [-0.39, 0.29) is 11.4 Å². The van der Waals surface area contributed by atoms with Crippen LogP contribution in [0.4, 0.5) is 26.1 Å². The molecule has 0 aliphatic heterocycles. The molecule has 28 heavy (non-hydrogen) atoms. The molecule has 0 unspecified atom stereocenters. The predicted octanol–water partition coefficient (Wildman–Crippen LogP) is 3.54. The van der Waals surface area contributed by atoms with E-state index in [4.69, 9.17) is 0 Å². The van der Waals surface area contributed by atoms with Gasteiger partial charge in [0.05, 0.1) is 12.7 Å². The van der Waals surface area contributed by atoms with Crippen molar-refractivity contribution < 1.29 is 23.1 Å². The zero-order valence-electron chi connectivity index (χ0n) is 14.6. The molecule has 1 aromatic heterocycles. The van der Waals surface area contributed by atoms with Crippen LogP contribution in [0.1, 0.15) is 20.7 Å². The van der Waals surface area contributed by atoms with Gasteiger partial charge in [0, 0.05) is 11.3 Å². The number of hydrogen-bond donors (Lipinski definition) is 2. The maximum absolute atomic E-state index is 13.2. The molecule has 2 aromatic carbocycles. The average molecular weight is 384 g/mol. The zero-order chi connectivity index (χ0) is 20.1. The van der Waals surface area contributed by atoms with Crippen LogP contribution in [0.15, 0.2) is 54.6 Å². The van der Waals surface area contributed by atoms with E-state index in [1.165, 1.54) is 13.2 Å². The molecular formula is C19H14F2N4O3. The van der Waals surface area contributed by atoms with Gasteiger partial charge in [-0.2, -0.15) is 0 Å². The molecule has 1 amide bonds. The first-order valence-electron chi connectivity index (χ1n) is 8.02. The number of rotatable bonds is 5. The fraction of sp³-hybridized carbons (Fsp3) is 0.0526. The van der Waals surface area contributed by atoms with Gasteiger partial charge in [-0.3, -0.25) is 4.79 Å². The molecule has 3 rings (SSSR count). The number of hydrogen-bond acceptors (Lipinski definition) is 6. The molecule has 0 bridgehead atoms. The molecule has 0 aliphatic carbocycles. The van der Waals surface area contributed by atoms with E-state index in [9.17, 15) is 18.4 Å². The first kappa shape index (κ1) is 18.9. The van der Waals surface area contributed by atoms with Crippen molar-refractivity contribution in [3.8, 4) is 0 Å². The van der Waals surface area contributed by atoms with Crippen LogP contribution in [0, 0.1) is 11.6 Å². The van der Waals surface area contributed by atoms with Gasteiger partial charge in [-0.15, -0.1) is 10.2 Å². The van der Waals surface area contributed by atoms with Gasteiger partial charge < -0.3 is 15.4 Å². The Morgan fingerprint density at radius 1 is 0.857 bits per heavy atom. The first-order chi connectivity index (χ1) is 13.5. The molecule has 7 nitrogen and oxygen atoms in total. The number of anilines is 3. The lowest BCUT2D eigenvalue weighted by molar-refractivity contribution is 0.0600. The number of benzene rings is 2. The Morgan fingerprint density at radius 2 is 1.50 bits per heavy atom. The number of carbonyl (C=O) groups is 2. The van der Waals surface area contributed by atoms with Crippen LogP contribution in [0.3, 0.4) is 0 Å². The Kier molecular flexibility index (Phi) is 5.54. The van der Waals surface area contributed by atoms with E-state index < -0.39 is 23.5 Å². The molecule has 1 heterocycles. The van der Waals surface area contributed by atoms with Crippen molar-refractivity contribution in [2.75, 3.05) is 17.7 Å². The van der Waals surface area contributed by atoms with Crippen molar-refractivity contribution >= 4 is 29.2 Å². The summed E-state index contributed by atoms with van der Waals surface area (Å²) in [5.74, 6) is -2.69. The molecule has 142 valence electrons. The highest BCUT2D eigenvalue weighted by Gasteiger charge is 2.11. The topological polar surface area (TPSA) is 93.2 Å². The minimum absolute atomic E-state index is 0.0476. The van der Waals surface area contributed by atoms with Crippen LogP contribution in [0.2, 0.25) is 0 Å². The summed E-state index contributed by atoms with van der Waals surface area (Å²) in [6.45, 7) is 0. The second-order valence-corrected chi connectivity index (χ2v) is 5.58. The van der Waals surface area contributed by atoms with Crippen LogP contribution >= 0.6 is 0 Å². The number of halogens is 2. The third-order valence-electron chi connectivity index (χ3n) is 3.67. The number of ether oxygens (including phenoxy) is 1. The van der Waals surface area contributed by atoms with E-state index in [1.54, 1.807) is 30.3 Å². The fourth-order valence-corrected chi connectivity index (χ4v) is 2.25. The summed E-state index contributed by atoms with van der Waals surface area (Å²) in [6, 6.07) is 12.4. The van der Waals surface area contributed by atoms with Gasteiger partial charge in [0.2, 0.25) is 0 Å². The largest absolute Gasteiger partial charge is 0.465 e. The van der Waals surface area contributed by atoms with Crippen molar-refractivity contribution in [3.63, 3.8) is 0 Å². The van der Waals surface area contributed by atoms with E-state index in [0.29, 0.717) is 17.1 Å². The standard InChI is InChI=1S/C19H14F2N4O3/c1-28-19(27)11-2-5-13(6-3-11)22-16-8-9-17(25-24-16)23-18(26)12-4-7-14(20)15(21)10-12/h2-10H,1H3,(H,22,24)(H,23,25,26). The Labute approximate surface area is 158 Å². The number of amides is 1. The summed E-state index contributed by atoms with van der Waals surface area (Å²) in [6.07, 6.45) is 0. The molecule has 0 spiro atoms. The smallest absolute Gasteiger partial charge is 0.337 e. The van der Waals surface area contributed by atoms with Crippen LogP contribution in [-0.2, 0) is 4.74 Å². The number of carbonyl (C=O) groups excluding carboxylic acids is 2. The number of nitrogens with zero attached hydrogens (tertiary/aromatic N) is 2. The van der Waals surface area contributed by atoms with Crippen LogP contribution < -0.4 is 10.6 Å². The fourth-order valence-electron chi connectivity index (χ4n) is 2.25. The average Bonchev–Trinajstić information content (AvgIpc) is 2.71. The SMILES string of the molecule is COC(=O)c1ccc(Nc2ccc(NC(=O)c3ccc(F)c(F)c3)nn2)cc1. The van der Waals surface area contributed by atoms with Crippen LogP contribution in [-0.4, -0.2) is 29.2 Å². The summed E-state index contributed by atoms with van der Waals surface area (Å²) in [7, 11) is 1.30. The summed E-state index contributed by atoms with van der Waals surface area (Å²) >= 11 is 0. The molecule has 3 aromatic rings. The van der Waals surface area contributed by atoms with Crippen LogP contribution in [0.5, 0.6) is 0 Å². The molecular weight excluding hydrogens is 370 g/mol. The van der Waals surface area contributed by atoms with Crippen molar-refractivity contribution in [2.45, 2.75) is 0 Å². The third kappa shape index (κ3) is 4.44. The van der Waals surface area contributed by atoms with Gasteiger partial charge in [-0.05, 0) is 54.6 Å². The summed E-state index contributed by atoms with van der Waals surface area (Å²) in [4.78, 5) is 23.5. The Bertz CT molecular complexity index is 1010. The van der Waals surface area contributed by atoms with E-state index in [0.717, 1.165) is 18.2 Å².